The second-order valence-electron chi connectivity index (χ2n) is 10.6. The first-order valence-corrected chi connectivity index (χ1v) is 12.8. The quantitative estimate of drug-likeness (QED) is 0.405. The average molecular weight is 361 g/mol. The molecule has 0 heteroatoms. The van der Waals surface area contributed by atoms with Gasteiger partial charge in [-0.3, -0.25) is 0 Å². The van der Waals surface area contributed by atoms with Crippen LogP contribution in [0.3, 0.4) is 0 Å². The zero-order chi connectivity index (χ0) is 18.2. The highest BCUT2D eigenvalue weighted by Gasteiger charge is 2.31. The fourth-order valence-electron chi connectivity index (χ4n) is 6.99. The zero-order valence-electron chi connectivity index (χ0n) is 18.2. The number of rotatable bonds is 8. The van der Waals surface area contributed by atoms with Gasteiger partial charge in [0.15, 0.2) is 0 Å². The third-order valence-corrected chi connectivity index (χ3v) is 8.79. The van der Waals surface area contributed by atoms with Crippen molar-refractivity contribution < 1.29 is 0 Å². The molecule has 0 aromatic carbocycles. The summed E-state index contributed by atoms with van der Waals surface area (Å²) in [5.74, 6) is 6.57. The van der Waals surface area contributed by atoms with Crippen molar-refractivity contribution in [2.45, 2.75) is 129 Å². The van der Waals surface area contributed by atoms with Crippen LogP contribution >= 0.6 is 0 Å². The summed E-state index contributed by atoms with van der Waals surface area (Å²) in [7, 11) is 0. The molecule has 0 N–H and O–H groups in total. The lowest BCUT2D eigenvalue weighted by Crippen LogP contribution is -2.26. The normalized spacial score (nSPS) is 39.0. The highest BCUT2D eigenvalue weighted by Crippen LogP contribution is 2.43. The van der Waals surface area contributed by atoms with Gasteiger partial charge in [0.25, 0.3) is 0 Å². The molecule has 0 atom stereocenters. The summed E-state index contributed by atoms with van der Waals surface area (Å²) in [5, 5.41) is 0. The van der Waals surface area contributed by atoms with Gasteiger partial charge in [0.05, 0.1) is 0 Å². The lowest BCUT2D eigenvalue weighted by Gasteiger charge is -2.38. The van der Waals surface area contributed by atoms with Crippen molar-refractivity contribution in [2.24, 2.45) is 35.5 Å². The maximum atomic E-state index is 2.37. The van der Waals surface area contributed by atoms with E-state index in [1.807, 2.05) is 0 Å². The summed E-state index contributed by atoms with van der Waals surface area (Å²) in [6, 6.07) is 0. The van der Waals surface area contributed by atoms with E-state index < -0.39 is 0 Å². The molecule has 0 radical (unpaired) electrons. The first-order chi connectivity index (χ1) is 12.8. The summed E-state index contributed by atoms with van der Waals surface area (Å²) in [5.41, 5.74) is 0. The molecule has 3 saturated carbocycles. The van der Waals surface area contributed by atoms with Gasteiger partial charge in [0.1, 0.15) is 0 Å². The van der Waals surface area contributed by atoms with Crippen molar-refractivity contribution in [1.29, 1.82) is 0 Å². The Labute approximate surface area is 165 Å². The Kier molecular flexibility index (Phi) is 8.86. The van der Waals surface area contributed by atoms with Gasteiger partial charge in [-0.2, -0.15) is 0 Å². The van der Waals surface area contributed by atoms with Gasteiger partial charge >= 0.3 is 0 Å². The largest absolute Gasteiger partial charge is 0.0654 e. The molecule has 0 bridgehead atoms. The molecule has 0 saturated heterocycles. The van der Waals surface area contributed by atoms with E-state index in [9.17, 15) is 0 Å². The predicted octanol–water partition coefficient (Wildman–Crippen LogP) is 8.79. The minimum Gasteiger partial charge on any atom is -0.0654 e. The van der Waals surface area contributed by atoms with E-state index in [0.717, 1.165) is 35.5 Å². The van der Waals surface area contributed by atoms with E-state index >= 15 is 0 Å². The molecule has 0 heterocycles. The molecule has 0 aromatic heterocycles. The van der Waals surface area contributed by atoms with Gasteiger partial charge in [-0.15, -0.1) is 0 Å². The van der Waals surface area contributed by atoms with Gasteiger partial charge in [-0.1, -0.05) is 104 Å². The third-order valence-electron chi connectivity index (χ3n) is 8.79. The molecule has 0 nitrogen and oxygen atoms in total. The van der Waals surface area contributed by atoms with Crippen LogP contribution in [0.1, 0.15) is 129 Å². The minimum atomic E-state index is 1.08. The molecule has 0 amide bonds. The minimum absolute atomic E-state index is 1.08. The molecule has 0 aliphatic heterocycles. The number of hydrogen-bond acceptors (Lipinski definition) is 0. The molecule has 3 aliphatic rings. The molecule has 152 valence electrons. The lowest BCUT2D eigenvalue weighted by atomic mass is 9.68. The SMILES string of the molecule is CCCC1CCC(CC[C@H]2CC[C@H]([C@H]3CC[C@H](CCC)CC3)CC2)CC1. The maximum Gasteiger partial charge on any atom is -0.0386 e. The van der Waals surface area contributed by atoms with E-state index in [-0.39, 0.29) is 0 Å². The molecule has 0 aromatic rings. The Bertz CT molecular complexity index is 348. The smallest absolute Gasteiger partial charge is 0.0386 e. The summed E-state index contributed by atoms with van der Waals surface area (Å²) in [6.07, 6.45) is 27.7. The second-order valence-corrected chi connectivity index (χ2v) is 10.6. The van der Waals surface area contributed by atoms with Crippen LogP contribution in [0.15, 0.2) is 0 Å². The van der Waals surface area contributed by atoms with Crippen LogP contribution in [-0.2, 0) is 0 Å². The van der Waals surface area contributed by atoms with Gasteiger partial charge < -0.3 is 0 Å². The van der Waals surface area contributed by atoms with Crippen molar-refractivity contribution >= 4 is 0 Å². The topological polar surface area (TPSA) is 0 Å². The fraction of sp³-hybridized carbons (Fsp3) is 1.00. The van der Waals surface area contributed by atoms with E-state index in [2.05, 4.69) is 13.8 Å². The highest BCUT2D eigenvalue weighted by molar-refractivity contribution is 4.82. The highest BCUT2D eigenvalue weighted by atomic mass is 14.4. The van der Waals surface area contributed by atoms with Gasteiger partial charge in [-0.05, 0) is 61.2 Å². The molecule has 3 rings (SSSR count). The Balaban J connectivity index is 1.27. The summed E-state index contributed by atoms with van der Waals surface area (Å²) < 4.78 is 0. The van der Waals surface area contributed by atoms with Gasteiger partial charge in [-0.25, -0.2) is 0 Å². The van der Waals surface area contributed by atoms with Crippen LogP contribution in [0.4, 0.5) is 0 Å². The van der Waals surface area contributed by atoms with Crippen LogP contribution < -0.4 is 0 Å². The van der Waals surface area contributed by atoms with Crippen LogP contribution in [0, 0.1) is 35.5 Å². The van der Waals surface area contributed by atoms with Gasteiger partial charge in [0, 0.05) is 0 Å². The van der Waals surface area contributed by atoms with Crippen LogP contribution in [0.25, 0.3) is 0 Å². The monoisotopic (exact) mass is 360 g/mol. The van der Waals surface area contributed by atoms with Crippen LogP contribution in [-0.4, -0.2) is 0 Å². The van der Waals surface area contributed by atoms with E-state index in [0.29, 0.717) is 0 Å². The van der Waals surface area contributed by atoms with E-state index in [4.69, 9.17) is 0 Å². The molecule has 26 heavy (non-hydrogen) atoms. The standard InChI is InChI=1S/C26H48/c1-3-5-21-7-9-23(10-8-21)11-12-24-15-19-26(20-16-24)25-17-13-22(6-4-2)14-18-25/h21-26H,3-20H2,1-2H3/t21?,22-,23?,24-,25-,26-. The Morgan fingerprint density at radius 3 is 0.962 bits per heavy atom. The summed E-state index contributed by atoms with van der Waals surface area (Å²) in [4.78, 5) is 0. The van der Waals surface area contributed by atoms with Crippen molar-refractivity contribution in [1.82, 2.24) is 0 Å². The molecular weight excluding hydrogens is 312 g/mol. The summed E-state index contributed by atoms with van der Waals surface area (Å²) in [6.45, 7) is 4.73. The van der Waals surface area contributed by atoms with Crippen molar-refractivity contribution in [3.05, 3.63) is 0 Å². The van der Waals surface area contributed by atoms with Crippen LogP contribution in [0.2, 0.25) is 0 Å². The molecule has 3 aliphatic carbocycles. The molecular formula is C26H48. The van der Waals surface area contributed by atoms with Crippen molar-refractivity contribution in [2.75, 3.05) is 0 Å². The van der Waals surface area contributed by atoms with E-state index in [1.54, 1.807) is 89.9 Å². The lowest BCUT2D eigenvalue weighted by molar-refractivity contribution is 0.136. The number of hydrogen-bond donors (Lipinski definition) is 0. The maximum absolute atomic E-state index is 2.37. The predicted molar refractivity (Wildman–Crippen MR) is 115 cm³/mol. The van der Waals surface area contributed by atoms with Crippen molar-refractivity contribution in [3.8, 4) is 0 Å². The molecule has 0 spiro atoms. The van der Waals surface area contributed by atoms with Gasteiger partial charge in [0.2, 0.25) is 0 Å². The zero-order valence-corrected chi connectivity index (χ0v) is 18.2. The first kappa shape index (κ1) is 20.7. The molecule has 0 unspecified atom stereocenters. The van der Waals surface area contributed by atoms with Crippen molar-refractivity contribution in [3.63, 3.8) is 0 Å². The Hall–Kier alpha value is 0. The van der Waals surface area contributed by atoms with E-state index in [1.165, 1.54) is 25.7 Å². The third kappa shape index (κ3) is 6.27. The Morgan fingerprint density at radius 2 is 0.654 bits per heavy atom. The average Bonchev–Trinajstić information content (AvgIpc) is 2.69. The van der Waals surface area contributed by atoms with Crippen LogP contribution in [0.5, 0.6) is 0 Å². The fourth-order valence-corrected chi connectivity index (χ4v) is 6.99. The first-order valence-electron chi connectivity index (χ1n) is 12.8. The molecule has 3 fully saturated rings. The Morgan fingerprint density at radius 1 is 0.385 bits per heavy atom. The summed E-state index contributed by atoms with van der Waals surface area (Å²) >= 11 is 0. The second kappa shape index (κ2) is 11.1.